The van der Waals surface area contributed by atoms with Gasteiger partial charge in [0, 0.05) is 17.9 Å². The van der Waals surface area contributed by atoms with Gasteiger partial charge in [0.05, 0.1) is 11.4 Å². The summed E-state index contributed by atoms with van der Waals surface area (Å²) in [5.74, 6) is -0.645. The molecule has 2 amide bonds. The second kappa shape index (κ2) is 6.48. The summed E-state index contributed by atoms with van der Waals surface area (Å²) in [4.78, 5) is 12.0. The van der Waals surface area contributed by atoms with Gasteiger partial charge in [0.1, 0.15) is 5.82 Å². The summed E-state index contributed by atoms with van der Waals surface area (Å²) in [6, 6.07) is 12.2. The van der Waals surface area contributed by atoms with E-state index < -0.39 is 21.9 Å². The molecule has 0 bridgehead atoms. The Kier molecular flexibility index (Phi) is 4.39. The van der Waals surface area contributed by atoms with E-state index in [0.717, 1.165) is 10.4 Å². The van der Waals surface area contributed by atoms with Crippen molar-refractivity contribution in [3.8, 4) is 0 Å². The van der Waals surface area contributed by atoms with Crippen LogP contribution < -0.4 is 14.9 Å². The maximum absolute atomic E-state index is 14.0. The predicted molar refractivity (Wildman–Crippen MR) is 91.2 cm³/mol. The Bertz CT molecular complexity index is 856. The molecule has 1 fully saturated rings. The van der Waals surface area contributed by atoms with Crippen LogP contribution in [0.5, 0.6) is 0 Å². The van der Waals surface area contributed by atoms with Crippen LogP contribution in [-0.2, 0) is 10.0 Å². The molecular weight excluding hydrogens is 333 g/mol. The molecule has 1 saturated heterocycles. The molecule has 2 aromatic rings. The molecular formula is C16H16FN3O3S. The average Bonchev–Trinajstić information content (AvgIpc) is 2.89. The van der Waals surface area contributed by atoms with Gasteiger partial charge < -0.3 is 10.6 Å². The van der Waals surface area contributed by atoms with Gasteiger partial charge in [-0.25, -0.2) is 17.6 Å². The molecule has 1 aliphatic heterocycles. The molecule has 3 rings (SSSR count). The number of amides is 2. The molecule has 6 nitrogen and oxygen atoms in total. The van der Waals surface area contributed by atoms with E-state index in [0.29, 0.717) is 17.8 Å². The maximum Gasteiger partial charge on any atom is 0.323 e. The topological polar surface area (TPSA) is 78.5 Å². The molecule has 0 radical (unpaired) electrons. The molecule has 24 heavy (non-hydrogen) atoms. The van der Waals surface area contributed by atoms with Gasteiger partial charge in [-0.15, -0.1) is 0 Å². The Labute approximate surface area is 139 Å². The van der Waals surface area contributed by atoms with Crippen LogP contribution in [-0.4, -0.2) is 26.7 Å². The zero-order chi connectivity index (χ0) is 17.2. The molecule has 0 unspecified atom stereocenters. The highest BCUT2D eigenvalue weighted by Gasteiger charge is 2.30. The first-order valence-corrected chi connectivity index (χ1v) is 9.00. The molecule has 0 aliphatic carbocycles. The Morgan fingerprint density at radius 1 is 1.04 bits per heavy atom. The van der Waals surface area contributed by atoms with Crippen LogP contribution >= 0.6 is 0 Å². The molecule has 1 heterocycles. The standard InChI is InChI=1S/C16H16FN3O3S/c17-14-8-7-13(11-15(14)20-9-4-10-24(20,22)23)19-16(21)18-12-5-2-1-3-6-12/h1-3,5-8,11H,4,9-10H2,(H2,18,19,21). The Morgan fingerprint density at radius 2 is 1.75 bits per heavy atom. The maximum atomic E-state index is 14.0. The number of carbonyl (C=O) groups is 1. The molecule has 126 valence electrons. The number of sulfonamides is 1. The van der Waals surface area contributed by atoms with Gasteiger partial charge in [-0.3, -0.25) is 4.31 Å². The number of hydrogen-bond donors (Lipinski definition) is 2. The minimum Gasteiger partial charge on any atom is -0.308 e. The van der Waals surface area contributed by atoms with Crippen LogP contribution in [0.25, 0.3) is 0 Å². The number of para-hydroxylation sites is 1. The zero-order valence-corrected chi connectivity index (χ0v) is 13.5. The fraction of sp³-hybridized carbons (Fsp3) is 0.188. The quantitative estimate of drug-likeness (QED) is 0.894. The van der Waals surface area contributed by atoms with Crippen molar-refractivity contribution >= 4 is 33.1 Å². The summed E-state index contributed by atoms with van der Waals surface area (Å²) >= 11 is 0. The normalized spacial score (nSPS) is 16.0. The van der Waals surface area contributed by atoms with Crippen LogP contribution in [0, 0.1) is 5.82 Å². The molecule has 2 N–H and O–H groups in total. The lowest BCUT2D eigenvalue weighted by Gasteiger charge is -2.18. The third kappa shape index (κ3) is 3.48. The summed E-state index contributed by atoms with van der Waals surface area (Å²) in [5, 5.41) is 5.21. The van der Waals surface area contributed by atoms with E-state index in [2.05, 4.69) is 10.6 Å². The van der Waals surface area contributed by atoms with Gasteiger partial charge >= 0.3 is 6.03 Å². The van der Waals surface area contributed by atoms with Crippen molar-refractivity contribution in [2.75, 3.05) is 27.2 Å². The lowest BCUT2D eigenvalue weighted by atomic mass is 10.2. The fourth-order valence-corrected chi connectivity index (χ4v) is 4.07. The van der Waals surface area contributed by atoms with Gasteiger partial charge in [-0.1, -0.05) is 18.2 Å². The second-order valence-electron chi connectivity index (χ2n) is 5.35. The zero-order valence-electron chi connectivity index (χ0n) is 12.7. The minimum absolute atomic E-state index is 0.00140. The van der Waals surface area contributed by atoms with Crippen molar-refractivity contribution in [2.24, 2.45) is 0 Å². The number of benzene rings is 2. The number of nitrogens with one attached hydrogen (secondary N) is 2. The van der Waals surface area contributed by atoms with E-state index in [4.69, 9.17) is 0 Å². The van der Waals surface area contributed by atoms with Gasteiger partial charge in [0.15, 0.2) is 0 Å². The average molecular weight is 349 g/mol. The summed E-state index contributed by atoms with van der Waals surface area (Å²) < 4.78 is 39.0. The van der Waals surface area contributed by atoms with Gasteiger partial charge in [0.25, 0.3) is 0 Å². The first kappa shape index (κ1) is 16.3. The number of hydrogen-bond acceptors (Lipinski definition) is 3. The van der Waals surface area contributed by atoms with Crippen LogP contribution in [0.1, 0.15) is 6.42 Å². The van der Waals surface area contributed by atoms with Crippen LogP contribution in [0.15, 0.2) is 48.5 Å². The molecule has 2 aromatic carbocycles. The number of urea groups is 1. The van der Waals surface area contributed by atoms with Crippen molar-refractivity contribution in [2.45, 2.75) is 6.42 Å². The summed E-state index contributed by atoms with van der Waals surface area (Å²) in [6.45, 7) is 0.235. The molecule has 0 saturated carbocycles. The van der Waals surface area contributed by atoms with Crippen molar-refractivity contribution < 1.29 is 17.6 Å². The third-order valence-electron chi connectivity index (χ3n) is 3.60. The monoisotopic (exact) mass is 349 g/mol. The number of carbonyl (C=O) groups excluding carboxylic acids is 1. The summed E-state index contributed by atoms with van der Waals surface area (Å²) in [7, 11) is -3.49. The highest BCUT2D eigenvalue weighted by Crippen LogP contribution is 2.29. The smallest absolute Gasteiger partial charge is 0.308 e. The Morgan fingerprint density at radius 3 is 2.42 bits per heavy atom. The van der Waals surface area contributed by atoms with E-state index in [9.17, 15) is 17.6 Å². The second-order valence-corrected chi connectivity index (χ2v) is 7.37. The van der Waals surface area contributed by atoms with Crippen molar-refractivity contribution in [1.82, 2.24) is 0 Å². The van der Waals surface area contributed by atoms with E-state index in [1.807, 2.05) is 6.07 Å². The first-order valence-electron chi connectivity index (χ1n) is 7.39. The molecule has 0 spiro atoms. The van der Waals surface area contributed by atoms with Crippen LogP contribution in [0.3, 0.4) is 0 Å². The van der Waals surface area contributed by atoms with Crippen LogP contribution in [0.2, 0.25) is 0 Å². The highest BCUT2D eigenvalue weighted by molar-refractivity contribution is 7.93. The van der Waals surface area contributed by atoms with E-state index in [1.54, 1.807) is 24.3 Å². The molecule has 1 aliphatic rings. The summed E-state index contributed by atoms with van der Waals surface area (Å²) in [5.41, 5.74) is 0.867. The SMILES string of the molecule is O=C(Nc1ccccc1)Nc1ccc(F)c(N2CCCS2(=O)=O)c1. The Balaban J connectivity index is 1.78. The lowest BCUT2D eigenvalue weighted by Crippen LogP contribution is -2.26. The number of nitrogens with zero attached hydrogens (tertiary/aromatic N) is 1. The summed E-state index contributed by atoms with van der Waals surface area (Å²) in [6.07, 6.45) is 0.452. The van der Waals surface area contributed by atoms with Gasteiger partial charge in [-0.2, -0.15) is 0 Å². The van der Waals surface area contributed by atoms with Crippen LogP contribution in [0.4, 0.5) is 26.2 Å². The van der Waals surface area contributed by atoms with Gasteiger partial charge in [-0.05, 0) is 36.8 Å². The molecule has 0 atom stereocenters. The Hall–Kier alpha value is -2.61. The van der Waals surface area contributed by atoms with E-state index >= 15 is 0 Å². The van der Waals surface area contributed by atoms with Crippen molar-refractivity contribution in [3.05, 3.63) is 54.3 Å². The van der Waals surface area contributed by atoms with Crippen molar-refractivity contribution in [3.63, 3.8) is 0 Å². The van der Waals surface area contributed by atoms with E-state index in [1.165, 1.54) is 12.1 Å². The third-order valence-corrected chi connectivity index (χ3v) is 5.46. The lowest BCUT2D eigenvalue weighted by molar-refractivity contribution is 0.262. The number of halogens is 1. The molecule has 8 heteroatoms. The molecule has 0 aromatic heterocycles. The predicted octanol–water partition coefficient (Wildman–Crippen LogP) is 3.01. The first-order chi connectivity index (χ1) is 11.5. The fourth-order valence-electron chi connectivity index (χ4n) is 2.51. The van der Waals surface area contributed by atoms with Gasteiger partial charge in [0.2, 0.25) is 10.0 Å². The highest BCUT2D eigenvalue weighted by atomic mass is 32.2. The minimum atomic E-state index is -3.49. The van der Waals surface area contributed by atoms with E-state index in [-0.39, 0.29) is 18.0 Å². The van der Waals surface area contributed by atoms with Crippen molar-refractivity contribution in [1.29, 1.82) is 0 Å². The largest absolute Gasteiger partial charge is 0.323 e. The number of anilines is 3. The number of rotatable bonds is 3.